The Hall–Kier alpha value is -2.09. The number of alkyl halides is 3. The summed E-state index contributed by atoms with van der Waals surface area (Å²) in [6.45, 7) is 0.572. The zero-order valence-electron chi connectivity index (χ0n) is 11.6. The summed E-state index contributed by atoms with van der Waals surface area (Å²) in [6, 6.07) is 9.28. The predicted octanol–water partition coefficient (Wildman–Crippen LogP) is 4.69. The van der Waals surface area contributed by atoms with Crippen LogP contribution in [-0.4, -0.2) is 13.2 Å². The van der Waals surface area contributed by atoms with Crippen LogP contribution in [0.4, 0.5) is 18.9 Å². The molecule has 1 aliphatic rings. The van der Waals surface area contributed by atoms with Gasteiger partial charge < -0.3 is 19.5 Å². The molecule has 8 heteroatoms. The van der Waals surface area contributed by atoms with Crippen LogP contribution in [0.1, 0.15) is 5.56 Å². The molecule has 23 heavy (non-hydrogen) atoms. The van der Waals surface area contributed by atoms with Gasteiger partial charge in [0.1, 0.15) is 5.75 Å². The zero-order chi connectivity index (χ0) is 16.4. The van der Waals surface area contributed by atoms with E-state index in [1.807, 2.05) is 6.07 Å². The summed E-state index contributed by atoms with van der Waals surface area (Å²) in [5.41, 5.74) is 1.40. The Morgan fingerprint density at radius 3 is 2.61 bits per heavy atom. The highest BCUT2D eigenvalue weighted by Crippen LogP contribution is 2.37. The number of nitrogens with one attached hydrogen (secondary N) is 1. The first-order valence-corrected chi connectivity index (χ1v) is 7.38. The summed E-state index contributed by atoms with van der Waals surface area (Å²) in [5.74, 6) is 1.02. The lowest BCUT2D eigenvalue weighted by Gasteiger charge is -2.12. The van der Waals surface area contributed by atoms with Gasteiger partial charge in [-0.15, -0.1) is 13.2 Å². The third kappa shape index (κ3) is 4.01. The van der Waals surface area contributed by atoms with Crippen LogP contribution in [-0.2, 0) is 6.54 Å². The van der Waals surface area contributed by atoms with Crippen LogP contribution in [0.15, 0.2) is 40.9 Å². The average molecular weight is 390 g/mol. The van der Waals surface area contributed by atoms with Crippen molar-refractivity contribution >= 4 is 21.6 Å². The number of fused-ring (bicyclic) bond motifs is 1. The first kappa shape index (κ1) is 15.8. The Kier molecular flexibility index (Phi) is 4.25. The zero-order valence-corrected chi connectivity index (χ0v) is 13.2. The van der Waals surface area contributed by atoms with Crippen molar-refractivity contribution in [3.8, 4) is 17.2 Å². The average Bonchev–Trinajstić information content (AvgIpc) is 2.90. The smallest absolute Gasteiger partial charge is 0.454 e. The third-order valence-corrected chi connectivity index (χ3v) is 3.83. The van der Waals surface area contributed by atoms with Gasteiger partial charge in [-0.3, -0.25) is 0 Å². The molecule has 0 aliphatic carbocycles. The Bertz CT molecular complexity index is 722. The van der Waals surface area contributed by atoms with Crippen molar-refractivity contribution < 1.29 is 27.4 Å². The topological polar surface area (TPSA) is 39.7 Å². The van der Waals surface area contributed by atoms with Crippen LogP contribution in [0.5, 0.6) is 17.2 Å². The lowest BCUT2D eigenvalue weighted by Crippen LogP contribution is -2.17. The van der Waals surface area contributed by atoms with Crippen LogP contribution >= 0.6 is 15.9 Å². The molecular weight excluding hydrogens is 379 g/mol. The standard InChI is InChI=1S/C15H11BrF3NO3/c16-12-6-14-13(21-8-22-14)4-9(12)7-20-10-2-1-3-11(5-10)23-15(17,18)19/h1-6,20H,7-8H2. The lowest BCUT2D eigenvalue weighted by atomic mass is 10.2. The maximum absolute atomic E-state index is 12.2. The molecule has 0 fully saturated rings. The summed E-state index contributed by atoms with van der Waals surface area (Å²) >= 11 is 3.43. The SMILES string of the molecule is FC(F)(F)Oc1cccc(NCc2cc3c(cc2Br)OCO3)c1. The van der Waals surface area contributed by atoms with E-state index in [0.29, 0.717) is 23.7 Å². The minimum atomic E-state index is -4.71. The second kappa shape index (κ2) is 6.19. The molecule has 1 aliphatic heterocycles. The third-order valence-electron chi connectivity index (χ3n) is 3.09. The van der Waals surface area contributed by atoms with Crippen molar-refractivity contribution in [2.24, 2.45) is 0 Å². The molecule has 1 heterocycles. The summed E-state index contributed by atoms with van der Waals surface area (Å²) in [7, 11) is 0. The minimum Gasteiger partial charge on any atom is -0.454 e. The van der Waals surface area contributed by atoms with Gasteiger partial charge in [0, 0.05) is 22.8 Å². The molecular formula is C15H11BrF3NO3. The summed E-state index contributed by atoms with van der Waals surface area (Å²) < 4.78 is 52.0. The maximum atomic E-state index is 12.2. The molecule has 0 atom stereocenters. The van der Waals surface area contributed by atoms with Crippen LogP contribution in [0.2, 0.25) is 0 Å². The molecule has 0 aromatic heterocycles. The first-order valence-electron chi connectivity index (χ1n) is 6.58. The first-order chi connectivity index (χ1) is 10.9. The fourth-order valence-corrected chi connectivity index (χ4v) is 2.56. The molecule has 0 bridgehead atoms. The fourth-order valence-electron chi connectivity index (χ4n) is 2.10. The van der Waals surface area contributed by atoms with Crippen molar-refractivity contribution in [3.63, 3.8) is 0 Å². The molecule has 0 saturated carbocycles. The summed E-state index contributed by atoms with van der Waals surface area (Å²) in [5, 5.41) is 3.05. The van der Waals surface area contributed by atoms with Gasteiger partial charge >= 0.3 is 6.36 Å². The van der Waals surface area contributed by atoms with E-state index in [9.17, 15) is 13.2 Å². The highest BCUT2D eigenvalue weighted by atomic mass is 79.9. The summed E-state index contributed by atoms with van der Waals surface area (Å²) in [4.78, 5) is 0. The molecule has 1 N–H and O–H groups in total. The maximum Gasteiger partial charge on any atom is 0.573 e. The van der Waals surface area contributed by atoms with Gasteiger partial charge in [0.2, 0.25) is 6.79 Å². The van der Waals surface area contributed by atoms with Crippen molar-refractivity contribution in [1.29, 1.82) is 0 Å². The van der Waals surface area contributed by atoms with Gasteiger partial charge in [0.05, 0.1) is 0 Å². The Labute approximate surface area is 138 Å². The van der Waals surface area contributed by atoms with Crippen LogP contribution in [0, 0.1) is 0 Å². The van der Waals surface area contributed by atoms with E-state index >= 15 is 0 Å². The normalized spacial score (nSPS) is 13.0. The van der Waals surface area contributed by atoms with Gasteiger partial charge in [0.25, 0.3) is 0 Å². The number of hydrogen-bond acceptors (Lipinski definition) is 4. The van der Waals surface area contributed by atoms with E-state index in [4.69, 9.17) is 9.47 Å². The van der Waals surface area contributed by atoms with Crippen LogP contribution in [0.25, 0.3) is 0 Å². The molecule has 4 nitrogen and oxygen atoms in total. The van der Waals surface area contributed by atoms with E-state index in [1.165, 1.54) is 18.2 Å². The molecule has 0 saturated heterocycles. The molecule has 2 aromatic rings. The van der Waals surface area contributed by atoms with E-state index < -0.39 is 6.36 Å². The molecule has 3 rings (SSSR count). The Morgan fingerprint density at radius 1 is 1.13 bits per heavy atom. The number of ether oxygens (including phenoxy) is 3. The molecule has 122 valence electrons. The monoisotopic (exact) mass is 389 g/mol. The molecule has 0 amide bonds. The van der Waals surface area contributed by atoms with Crippen molar-refractivity contribution in [2.45, 2.75) is 12.9 Å². The molecule has 0 spiro atoms. The van der Waals surface area contributed by atoms with E-state index in [1.54, 1.807) is 12.1 Å². The highest BCUT2D eigenvalue weighted by molar-refractivity contribution is 9.10. The number of rotatable bonds is 4. The van der Waals surface area contributed by atoms with Gasteiger partial charge in [-0.25, -0.2) is 0 Å². The largest absolute Gasteiger partial charge is 0.573 e. The predicted molar refractivity (Wildman–Crippen MR) is 80.7 cm³/mol. The van der Waals surface area contributed by atoms with Gasteiger partial charge in [-0.1, -0.05) is 22.0 Å². The van der Waals surface area contributed by atoms with Gasteiger partial charge in [-0.05, 0) is 29.8 Å². The van der Waals surface area contributed by atoms with Gasteiger partial charge in [-0.2, -0.15) is 0 Å². The van der Waals surface area contributed by atoms with Gasteiger partial charge in [0.15, 0.2) is 11.5 Å². The van der Waals surface area contributed by atoms with E-state index in [0.717, 1.165) is 10.0 Å². The van der Waals surface area contributed by atoms with Crippen molar-refractivity contribution in [2.75, 3.05) is 12.1 Å². The van der Waals surface area contributed by atoms with E-state index in [-0.39, 0.29) is 12.5 Å². The molecule has 2 aromatic carbocycles. The van der Waals surface area contributed by atoms with Crippen LogP contribution < -0.4 is 19.5 Å². The second-order valence-corrected chi connectivity index (χ2v) is 5.58. The number of anilines is 1. The summed E-state index contributed by atoms with van der Waals surface area (Å²) in [6.07, 6.45) is -4.71. The molecule has 0 unspecified atom stereocenters. The quantitative estimate of drug-likeness (QED) is 0.823. The fraction of sp³-hybridized carbons (Fsp3) is 0.200. The van der Waals surface area contributed by atoms with Crippen molar-refractivity contribution in [1.82, 2.24) is 0 Å². The Morgan fingerprint density at radius 2 is 1.87 bits per heavy atom. The Balaban J connectivity index is 1.70. The number of hydrogen-bond donors (Lipinski definition) is 1. The van der Waals surface area contributed by atoms with Crippen molar-refractivity contribution in [3.05, 3.63) is 46.4 Å². The van der Waals surface area contributed by atoms with E-state index in [2.05, 4.69) is 26.0 Å². The molecule has 0 radical (unpaired) electrons. The minimum absolute atomic E-state index is 0.176. The lowest BCUT2D eigenvalue weighted by molar-refractivity contribution is -0.274. The second-order valence-electron chi connectivity index (χ2n) is 4.73. The number of benzene rings is 2. The highest BCUT2D eigenvalue weighted by Gasteiger charge is 2.31. The number of halogens is 4. The van der Waals surface area contributed by atoms with Crippen LogP contribution in [0.3, 0.4) is 0 Å².